The monoisotopic (exact) mass is 402 g/mol. The van der Waals surface area contributed by atoms with E-state index in [2.05, 4.69) is 0 Å². The van der Waals surface area contributed by atoms with Crippen LogP contribution >= 0.6 is 0 Å². The SMILES string of the molecule is Cc1cc(C)cc(C(=O)OCC(=O)N2c3ccc(S(N)(=O)=O)cc3CC2C)c1. The molecule has 3 rings (SSSR count). The minimum absolute atomic E-state index is 0.00833. The number of ether oxygens (including phenoxy) is 1. The third-order valence-electron chi connectivity index (χ3n) is 4.65. The average Bonchev–Trinajstić information content (AvgIpc) is 2.92. The normalized spacial score (nSPS) is 16.0. The number of anilines is 1. The number of hydrogen-bond donors (Lipinski definition) is 1. The van der Waals surface area contributed by atoms with E-state index in [1.807, 2.05) is 26.8 Å². The Balaban J connectivity index is 1.74. The molecule has 1 unspecified atom stereocenters. The van der Waals surface area contributed by atoms with Crippen molar-refractivity contribution in [3.63, 3.8) is 0 Å². The standard InChI is InChI=1S/C20H22N2O5S/c1-12-6-13(2)8-16(7-12)20(24)27-11-19(23)22-14(3)9-15-10-17(28(21,25)26)4-5-18(15)22/h4-8,10,14H,9,11H2,1-3H3,(H2,21,25,26). The molecule has 1 aliphatic rings. The molecular formula is C20H22N2O5S. The van der Waals surface area contributed by atoms with E-state index in [0.717, 1.165) is 11.1 Å². The van der Waals surface area contributed by atoms with Gasteiger partial charge in [0.1, 0.15) is 0 Å². The minimum Gasteiger partial charge on any atom is -0.452 e. The van der Waals surface area contributed by atoms with Crippen molar-refractivity contribution in [1.29, 1.82) is 0 Å². The van der Waals surface area contributed by atoms with E-state index < -0.39 is 22.6 Å². The number of amides is 1. The molecule has 1 heterocycles. The van der Waals surface area contributed by atoms with E-state index in [-0.39, 0.29) is 16.8 Å². The number of fused-ring (bicyclic) bond motifs is 1. The highest BCUT2D eigenvalue weighted by Gasteiger charge is 2.32. The Kier molecular flexibility index (Phi) is 5.27. The quantitative estimate of drug-likeness (QED) is 0.788. The second kappa shape index (κ2) is 7.37. The molecule has 28 heavy (non-hydrogen) atoms. The zero-order valence-corrected chi connectivity index (χ0v) is 16.7. The molecule has 8 heteroatoms. The molecule has 0 spiro atoms. The number of nitrogens with zero attached hydrogens (tertiary/aromatic N) is 1. The Morgan fingerprint density at radius 2 is 1.79 bits per heavy atom. The molecule has 7 nitrogen and oxygen atoms in total. The fourth-order valence-corrected chi connectivity index (χ4v) is 4.10. The van der Waals surface area contributed by atoms with Gasteiger partial charge in [0.2, 0.25) is 10.0 Å². The van der Waals surface area contributed by atoms with Crippen LogP contribution in [0, 0.1) is 13.8 Å². The summed E-state index contributed by atoms with van der Waals surface area (Å²) in [5.74, 6) is -0.927. The summed E-state index contributed by atoms with van der Waals surface area (Å²) in [6.45, 7) is 5.22. The van der Waals surface area contributed by atoms with Crippen LogP contribution in [0.2, 0.25) is 0 Å². The van der Waals surface area contributed by atoms with Crippen molar-refractivity contribution in [3.8, 4) is 0 Å². The topological polar surface area (TPSA) is 107 Å². The lowest BCUT2D eigenvalue weighted by Crippen LogP contribution is -2.38. The molecule has 0 bridgehead atoms. The van der Waals surface area contributed by atoms with E-state index in [4.69, 9.17) is 9.88 Å². The van der Waals surface area contributed by atoms with Crippen molar-refractivity contribution in [2.45, 2.75) is 38.1 Å². The van der Waals surface area contributed by atoms with Gasteiger partial charge in [0.05, 0.1) is 10.5 Å². The van der Waals surface area contributed by atoms with Gasteiger partial charge in [-0.3, -0.25) is 4.79 Å². The van der Waals surface area contributed by atoms with Crippen LogP contribution in [0.3, 0.4) is 0 Å². The van der Waals surface area contributed by atoms with Crippen molar-refractivity contribution < 1.29 is 22.7 Å². The molecule has 1 atom stereocenters. The van der Waals surface area contributed by atoms with Crippen molar-refractivity contribution in [2.24, 2.45) is 5.14 Å². The predicted molar refractivity (Wildman–Crippen MR) is 105 cm³/mol. The average molecular weight is 402 g/mol. The van der Waals surface area contributed by atoms with Crippen LogP contribution in [0.4, 0.5) is 5.69 Å². The highest BCUT2D eigenvalue weighted by molar-refractivity contribution is 7.89. The van der Waals surface area contributed by atoms with Gasteiger partial charge < -0.3 is 9.64 Å². The summed E-state index contributed by atoms with van der Waals surface area (Å²) in [6.07, 6.45) is 0.495. The van der Waals surface area contributed by atoms with Crippen LogP contribution in [0.25, 0.3) is 0 Å². The summed E-state index contributed by atoms with van der Waals surface area (Å²) in [7, 11) is -3.81. The molecule has 1 aliphatic heterocycles. The van der Waals surface area contributed by atoms with Gasteiger partial charge >= 0.3 is 5.97 Å². The van der Waals surface area contributed by atoms with Crippen LogP contribution in [-0.4, -0.2) is 32.9 Å². The number of esters is 1. The first kappa shape index (κ1) is 20.0. The molecule has 1 amide bonds. The molecule has 0 aromatic heterocycles. The van der Waals surface area contributed by atoms with Gasteiger partial charge in [-0.1, -0.05) is 17.2 Å². The Labute approximate surface area is 164 Å². The fourth-order valence-electron chi connectivity index (χ4n) is 3.54. The van der Waals surface area contributed by atoms with E-state index in [0.29, 0.717) is 23.2 Å². The second-order valence-electron chi connectivity index (χ2n) is 7.10. The highest BCUT2D eigenvalue weighted by atomic mass is 32.2. The molecule has 0 saturated carbocycles. The largest absolute Gasteiger partial charge is 0.452 e. The molecule has 0 fully saturated rings. The maximum absolute atomic E-state index is 12.7. The first-order chi connectivity index (χ1) is 13.1. The van der Waals surface area contributed by atoms with Crippen LogP contribution < -0.4 is 10.0 Å². The minimum atomic E-state index is -3.81. The smallest absolute Gasteiger partial charge is 0.338 e. The predicted octanol–water partition coefficient (Wildman–Crippen LogP) is 2.09. The number of primary sulfonamides is 1. The Morgan fingerprint density at radius 3 is 2.39 bits per heavy atom. The van der Waals surface area contributed by atoms with E-state index >= 15 is 0 Å². The van der Waals surface area contributed by atoms with Gasteiger partial charge in [0.15, 0.2) is 6.61 Å². The number of benzene rings is 2. The number of carbonyl (C=O) groups excluding carboxylic acids is 2. The van der Waals surface area contributed by atoms with E-state index in [9.17, 15) is 18.0 Å². The van der Waals surface area contributed by atoms with E-state index in [1.54, 1.807) is 18.2 Å². The molecule has 0 saturated heterocycles. The Morgan fingerprint density at radius 1 is 1.14 bits per heavy atom. The Hall–Kier alpha value is -2.71. The van der Waals surface area contributed by atoms with Crippen LogP contribution in [0.1, 0.15) is 34.0 Å². The van der Waals surface area contributed by atoms with Gasteiger partial charge in [-0.15, -0.1) is 0 Å². The summed E-state index contributed by atoms with van der Waals surface area (Å²) in [6, 6.07) is 9.59. The van der Waals surface area contributed by atoms with Crippen LogP contribution in [0.5, 0.6) is 0 Å². The van der Waals surface area contributed by atoms with Gasteiger partial charge in [0.25, 0.3) is 5.91 Å². The lowest BCUT2D eigenvalue weighted by atomic mass is 10.1. The van der Waals surface area contributed by atoms with Gasteiger partial charge in [-0.25, -0.2) is 18.4 Å². The summed E-state index contributed by atoms with van der Waals surface area (Å²) in [4.78, 5) is 26.5. The van der Waals surface area contributed by atoms with Crippen molar-refractivity contribution in [1.82, 2.24) is 0 Å². The lowest BCUT2D eigenvalue weighted by molar-refractivity contribution is -0.122. The number of sulfonamides is 1. The fraction of sp³-hybridized carbons (Fsp3) is 0.300. The van der Waals surface area contributed by atoms with Crippen molar-refractivity contribution >= 4 is 27.6 Å². The third kappa shape index (κ3) is 4.07. The van der Waals surface area contributed by atoms with Gasteiger partial charge in [0, 0.05) is 11.7 Å². The van der Waals surface area contributed by atoms with Crippen molar-refractivity contribution in [2.75, 3.05) is 11.5 Å². The Bertz CT molecular complexity index is 1040. The number of hydrogen-bond acceptors (Lipinski definition) is 5. The van der Waals surface area contributed by atoms with Gasteiger partial charge in [-0.2, -0.15) is 0 Å². The number of nitrogens with two attached hydrogens (primary N) is 1. The molecule has 2 aromatic rings. The highest BCUT2D eigenvalue weighted by Crippen LogP contribution is 2.33. The summed E-state index contributed by atoms with van der Waals surface area (Å²) < 4.78 is 28.3. The molecule has 2 N–H and O–H groups in total. The van der Waals surface area contributed by atoms with E-state index in [1.165, 1.54) is 17.0 Å². The summed E-state index contributed by atoms with van der Waals surface area (Å²) >= 11 is 0. The van der Waals surface area contributed by atoms with Crippen LogP contribution in [0.15, 0.2) is 41.3 Å². The first-order valence-electron chi connectivity index (χ1n) is 8.79. The summed E-state index contributed by atoms with van der Waals surface area (Å²) in [5, 5.41) is 5.17. The first-order valence-corrected chi connectivity index (χ1v) is 10.3. The molecule has 0 radical (unpaired) electrons. The maximum Gasteiger partial charge on any atom is 0.338 e. The van der Waals surface area contributed by atoms with Gasteiger partial charge in [-0.05, 0) is 63.1 Å². The maximum atomic E-state index is 12.7. The molecule has 2 aromatic carbocycles. The van der Waals surface area contributed by atoms with Crippen LogP contribution in [-0.2, 0) is 26.0 Å². The zero-order chi connectivity index (χ0) is 20.6. The lowest BCUT2D eigenvalue weighted by Gasteiger charge is -2.22. The zero-order valence-electron chi connectivity index (χ0n) is 15.9. The number of aryl methyl sites for hydroxylation is 2. The number of carbonyl (C=O) groups is 2. The third-order valence-corrected chi connectivity index (χ3v) is 5.56. The molecular weight excluding hydrogens is 380 g/mol. The molecule has 0 aliphatic carbocycles. The summed E-state index contributed by atoms with van der Waals surface area (Å²) in [5.41, 5.74) is 3.59. The number of rotatable bonds is 4. The molecule has 148 valence electrons. The second-order valence-corrected chi connectivity index (χ2v) is 8.67. The van der Waals surface area contributed by atoms with Crippen molar-refractivity contribution in [3.05, 3.63) is 58.7 Å².